The van der Waals surface area contributed by atoms with Gasteiger partial charge >= 0.3 is 0 Å². The Morgan fingerprint density at radius 2 is 2.10 bits per heavy atom. The smallest absolute Gasteiger partial charge is 0.191 e. The molecule has 2 N–H and O–H groups in total. The van der Waals surface area contributed by atoms with Crippen LogP contribution < -0.4 is 10.6 Å². The largest absolute Gasteiger partial charge is 0.379 e. The van der Waals surface area contributed by atoms with Gasteiger partial charge in [-0.1, -0.05) is 0 Å². The minimum atomic E-state index is 0.296. The van der Waals surface area contributed by atoms with Gasteiger partial charge in [0.2, 0.25) is 0 Å². The highest BCUT2D eigenvalue weighted by atomic mass is 32.1. The first-order valence-corrected chi connectivity index (χ1v) is 7.83. The van der Waals surface area contributed by atoms with Crippen LogP contribution in [0.15, 0.2) is 4.99 Å². The lowest BCUT2D eigenvalue weighted by molar-refractivity contribution is 0.0776. The third-order valence-electron chi connectivity index (χ3n) is 2.70. The van der Waals surface area contributed by atoms with Gasteiger partial charge in [-0.25, -0.2) is 4.98 Å². The van der Waals surface area contributed by atoms with Crippen molar-refractivity contribution in [3.63, 3.8) is 0 Å². The number of aryl methyl sites for hydroxylation is 2. The maximum atomic E-state index is 5.50. The van der Waals surface area contributed by atoms with Gasteiger partial charge in [0, 0.05) is 25.1 Å². The Bertz CT molecular complexity index is 429. The standard InChI is InChI=1S/C14H26N4OS/c1-10(2)19-8-6-7-16-14(15-5)17-9-13-11(3)18-12(4)20-13/h10H,6-9H2,1-5H3,(H2,15,16,17). The molecule has 0 fully saturated rings. The van der Waals surface area contributed by atoms with E-state index in [1.54, 1.807) is 18.4 Å². The molecule has 0 atom stereocenters. The van der Waals surface area contributed by atoms with Gasteiger partial charge in [-0.15, -0.1) is 11.3 Å². The molecule has 0 aliphatic rings. The van der Waals surface area contributed by atoms with Gasteiger partial charge in [0.05, 0.1) is 23.4 Å². The van der Waals surface area contributed by atoms with E-state index in [9.17, 15) is 0 Å². The van der Waals surface area contributed by atoms with E-state index in [0.29, 0.717) is 6.10 Å². The zero-order chi connectivity index (χ0) is 15.0. The van der Waals surface area contributed by atoms with Crippen LogP contribution in [0.25, 0.3) is 0 Å². The van der Waals surface area contributed by atoms with E-state index in [-0.39, 0.29) is 0 Å². The molecule has 0 radical (unpaired) electrons. The number of aliphatic imine (C=N–C) groups is 1. The molecule has 0 amide bonds. The van der Waals surface area contributed by atoms with E-state index in [2.05, 4.69) is 20.6 Å². The number of hydrogen-bond donors (Lipinski definition) is 2. The van der Waals surface area contributed by atoms with Crippen LogP contribution in [-0.4, -0.2) is 37.2 Å². The number of thiazole rings is 1. The summed E-state index contributed by atoms with van der Waals surface area (Å²) in [5, 5.41) is 7.70. The van der Waals surface area contributed by atoms with Gasteiger partial charge in [-0.2, -0.15) is 0 Å². The summed E-state index contributed by atoms with van der Waals surface area (Å²) in [7, 11) is 1.78. The van der Waals surface area contributed by atoms with Crippen molar-refractivity contribution in [3.05, 3.63) is 15.6 Å². The third kappa shape index (κ3) is 6.34. The Hall–Kier alpha value is -1.14. The Kier molecular flexibility index (Phi) is 7.54. The number of hydrogen-bond acceptors (Lipinski definition) is 4. The van der Waals surface area contributed by atoms with Crippen molar-refractivity contribution in [2.75, 3.05) is 20.2 Å². The summed E-state index contributed by atoms with van der Waals surface area (Å²) < 4.78 is 5.50. The Morgan fingerprint density at radius 3 is 2.65 bits per heavy atom. The lowest BCUT2D eigenvalue weighted by Gasteiger charge is -2.12. The average molecular weight is 298 g/mol. The highest BCUT2D eigenvalue weighted by Crippen LogP contribution is 2.16. The molecule has 1 rings (SSSR count). The molecule has 0 aliphatic heterocycles. The average Bonchev–Trinajstić information content (AvgIpc) is 2.71. The molecule has 114 valence electrons. The number of aromatic nitrogens is 1. The predicted molar refractivity (Wildman–Crippen MR) is 85.5 cm³/mol. The first-order valence-electron chi connectivity index (χ1n) is 7.02. The van der Waals surface area contributed by atoms with Crippen LogP contribution in [0.4, 0.5) is 0 Å². The molecule has 0 spiro atoms. The van der Waals surface area contributed by atoms with Crippen LogP contribution in [0, 0.1) is 13.8 Å². The van der Waals surface area contributed by atoms with Gasteiger partial charge in [-0.3, -0.25) is 4.99 Å². The van der Waals surface area contributed by atoms with E-state index in [0.717, 1.165) is 42.8 Å². The Morgan fingerprint density at radius 1 is 1.35 bits per heavy atom. The minimum absolute atomic E-state index is 0.296. The first kappa shape index (κ1) is 16.9. The van der Waals surface area contributed by atoms with Crippen molar-refractivity contribution in [1.82, 2.24) is 15.6 Å². The van der Waals surface area contributed by atoms with Crippen LogP contribution in [0.2, 0.25) is 0 Å². The van der Waals surface area contributed by atoms with E-state index < -0.39 is 0 Å². The second-order valence-electron chi connectivity index (χ2n) is 4.87. The van der Waals surface area contributed by atoms with Crippen molar-refractivity contribution in [2.24, 2.45) is 4.99 Å². The van der Waals surface area contributed by atoms with Gasteiger partial charge in [0.15, 0.2) is 5.96 Å². The number of ether oxygens (including phenoxy) is 1. The van der Waals surface area contributed by atoms with Crippen molar-refractivity contribution in [1.29, 1.82) is 0 Å². The summed E-state index contributed by atoms with van der Waals surface area (Å²) in [5.74, 6) is 0.819. The van der Waals surface area contributed by atoms with Crippen molar-refractivity contribution in [3.8, 4) is 0 Å². The van der Waals surface area contributed by atoms with Crippen LogP contribution in [0.3, 0.4) is 0 Å². The summed E-state index contributed by atoms with van der Waals surface area (Å²) in [6.07, 6.45) is 1.27. The number of rotatable bonds is 7. The second-order valence-corrected chi connectivity index (χ2v) is 6.15. The monoisotopic (exact) mass is 298 g/mol. The van der Waals surface area contributed by atoms with E-state index >= 15 is 0 Å². The molecule has 1 heterocycles. The normalized spacial score (nSPS) is 12.0. The minimum Gasteiger partial charge on any atom is -0.379 e. The zero-order valence-electron chi connectivity index (χ0n) is 13.1. The molecule has 5 nitrogen and oxygen atoms in total. The number of guanidine groups is 1. The molecule has 0 aliphatic carbocycles. The molecule has 1 aromatic rings. The molecule has 1 aromatic heterocycles. The van der Waals surface area contributed by atoms with Gasteiger partial charge in [0.25, 0.3) is 0 Å². The molecule has 0 saturated heterocycles. The van der Waals surface area contributed by atoms with Crippen LogP contribution in [-0.2, 0) is 11.3 Å². The molecule has 0 aromatic carbocycles. The predicted octanol–water partition coefficient (Wildman–Crippen LogP) is 2.24. The molecule has 6 heteroatoms. The lowest BCUT2D eigenvalue weighted by atomic mass is 10.4. The molecule has 0 saturated carbocycles. The topological polar surface area (TPSA) is 58.5 Å². The maximum absolute atomic E-state index is 5.50. The van der Waals surface area contributed by atoms with Gasteiger partial charge in [0.1, 0.15) is 0 Å². The van der Waals surface area contributed by atoms with Gasteiger partial charge < -0.3 is 15.4 Å². The van der Waals surface area contributed by atoms with Gasteiger partial charge in [-0.05, 0) is 34.1 Å². The highest BCUT2D eigenvalue weighted by molar-refractivity contribution is 7.11. The van der Waals surface area contributed by atoms with Crippen LogP contribution in [0.5, 0.6) is 0 Å². The summed E-state index contributed by atoms with van der Waals surface area (Å²) in [6, 6.07) is 0. The van der Waals surface area contributed by atoms with E-state index in [1.165, 1.54) is 4.88 Å². The fourth-order valence-electron chi connectivity index (χ4n) is 1.72. The third-order valence-corrected chi connectivity index (χ3v) is 3.78. The fourth-order valence-corrected chi connectivity index (χ4v) is 2.60. The van der Waals surface area contributed by atoms with Crippen LogP contribution >= 0.6 is 11.3 Å². The fraction of sp³-hybridized carbons (Fsp3) is 0.714. The van der Waals surface area contributed by atoms with Crippen molar-refractivity contribution < 1.29 is 4.74 Å². The number of nitrogens with zero attached hydrogens (tertiary/aromatic N) is 2. The molecular formula is C14H26N4OS. The highest BCUT2D eigenvalue weighted by Gasteiger charge is 2.05. The molecule has 0 bridgehead atoms. The van der Waals surface area contributed by atoms with E-state index in [4.69, 9.17) is 4.74 Å². The molecule has 20 heavy (non-hydrogen) atoms. The quantitative estimate of drug-likeness (QED) is 0.460. The molecule has 0 unspecified atom stereocenters. The summed E-state index contributed by atoms with van der Waals surface area (Å²) >= 11 is 1.73. The summed E-state index contributed by atoms with van der Waals surface area (Å²) in [5.41, 5.74) is 1.10. The van der Waals surface area contributed by atoms with Crippen molar-refractivity contribution in [2.45, 2.75) is 46.8 Å². The maximum Gasteiger partial charge on any atom is 0.191 e. The summed E-state index contributed by atoms with van der Waals surface area (Å²) in [6.45, 7) is 10.6. The Labute approximate surface area is 125 Å². The summed E-state index contributed by atoms with van der Waals surface area (Å²) in [4.78, 5) is 9.89. The number of nitrogens with one attached hydrogen (secondary N) is 2. The molecular weight excluding hydrogens is 272 g/mol. The second kappa shape index (κ2) is 8.92. The first-order chi connectivity index (χ1) is 9.52. The lowest BCUT2D eigenvalue weighted by Crippen LogP contribution is -2.37. The Balaban J connectivity index is 2.25. The SMILES string of the molecule is CN=C(NCCCOC(C)C)NCc1sc(C)nc1C. The van der Waals surface area contributed by atoms with E-state index in [1.807, 2.05) is 27.7 Å². The van der Waals surface area contributed by atoms with Crippen LogP contribution in [0.1, 0.15) is 35.8 Å². The zero-order valence-corrected chi connectivity index (χ0v) is 13.9. The van der Waals surface area contributed by atoms with Crippen molar-refractivity contribution >= 4 is 17.3 Å².